The van der Waals surface area contributed by atoms with Gasteiger partial charge in [-0.3, -0.25) is 4.79 Å². The van der Waals surface area contributed by atoms with E-state index in [9.17, 15) is 13.6 Å². The van der Waals surface area contributed by atoms with Crippen molar-refractivity contribution in [3.63, 3.8) is 0 Å². The Morgan fingerprint density at radius 1 is 1.12 bits per heavy atom. The Morgan fingerprint density at radius 3 is 2.58 bits per heavy atom. The first-order chi connectivity index (χ1) is 11.6. The molecule has 24 heavy (non-hydrogen) atoms. The molecule has 7 heteroatoms. The molecule has 2 aromatic rings. The van der Waals surface area contributed by atoms with Crippen molar-refractivity contribution in [2.75, 3.05) is 6.61 Å². The maximum absolute atomic E-state index is 12.3. The molecule has 0 aliphatic heterocycles. The maximum atomic E-state index is 12.3. The molecule has 0 atom stereocenters. The van der Waals surface area contributed by atoms with Crippen molar-refractivity contribution in [3.8, 4) is 5.75 Å². The van der Waals surface area contributed by atoms with Gasteiger partial charge >= 0.3 is 6.61 Å². The third-order valence-corrected chi connectivity index (χ3v) is 2.93. The lowest BCUT2D eigenvalue weighted by atomic mass is 10.2. The minimum absolute atomic E-state index is 0.0200. The molecule has 0 fully saturated rings. The van der Waals surface area contributed by atoms with Gasteiger partial charge in [0.15, 0.2) is 6.61 Å². The van der Waals surface area contributed by atoms with Gasteiger partial charge < -0.3 is 14.9 Å². The summed E-state index contributed by atoms with van der Waals surface area (Å²) in [6, 6.07) is 15.6. The van der Waals surface area contributed by atoms with Gasteiger partial charge in [0, 0.05) is 12.1 Å². The van der Waals surface area contributed by atoms with Crippen molar-refractivity contribution in [1.29, 1.82) is 0 Å². The number of oxime groups is 1. The van der Waals surface area contributed by atoms with Crippen molar-refractivity contribution in [2.24, 2.45) is 5.16 Å². The van der Waals surface area contributed by atoms with Crippen molar-refractivity contribution in [3.05, 3.63) is 65.7 Å². The number of halogens is 2. The predicted octanol–water partition coefficient (Wildman–Crippen LogP) is 2.95. The van der Waals surface area contributed by atoms with Crippen LogP contribution in [0, 0.1) is 0 Å². The van der Waals surface area contributed by atoms with Gasteiger partial charge in [-0.2, -0.15) is 8.78 Å². The Bertz CT molecular complexity index is 679. The average molecular weight is 334 g/mol. The van der Waals surface area contributed by atoms with Crippen LogP contribution in [0.4, 0.5) is 8.78 Å². The standard InChI is InChI=1S/C17H16F2N2O3/c18-17(19)24-15-9-5-4-8-14(15)11-21-23-12-16(22)20-10-13-6-2-1-3-7-13/h1-9,11,17H,10,12H2,(H,20,22)/b21-11+. The lowest BCUT2D eigenvalue weighted by molar-refractivity contribution is -0.125. The van der Waals surface area contributed by atoms with E-state index in [1.165, 1.54) is 12.3 Å². The number of nitrogens with zero attached hydrogens (tertiary/aromatic N) is 1. The lowest BCUT2D eigenvalue weighted by Gasteiger charge is -2.07. The minimum Gasteiger partial charge on any atom is -0.434 e. The number of alkyl halides is 2. The summed E-state index contributed by atoms with van der Waals surface area (Å²) in [6.45, 7) is -2.82. The number of carbonyl (C=O) groups is 1. The fraction of sp³-hybridized carbons (Fsp3) is 0.176. The monoisotopic (exact) mass is 334 g/mol. The summed E-state index contributed by atoms with van der Waals surface area (Å²) in [5, 5.41) is 6.27. The maximum Gasteiger partial charge on any atom is 0.387 e. The van der Waals surface area contributed by atoms with Crippen LogP contribution in [-0.2, 0) is 16.2 Å². The van der Waals surface area contributed by atoms with E-state index in [0.717, 1.165) is 5.56 Å². The van der Waals surface area contributed by atoms with Crippen molar-refractivity contribution in [1.82, 2.24) is 5.32 Å². The SMILES string of the molecule is O=C(CO/N=C/c1ccccc1OC(F)F)NCc1ccccc1. The molecule has 1 amide bonds. The first kappa shape index (κ1) is 17.4. The van der Waals surface area contributed by atoms with Gasteiger partial charge in [-0.05, 0) is 17.7 Å². The largest absolute Gasteiger partial charge is 0.434 e. The van der Waals surface area contributed by atoms with E-state index in [-0.39, 0.29) is 18.3 Å². The number of nitrogens with one attached hydrogen (secondary N) is 1. The molecule has 1 N–H and O–H groups in total. The van der Waals surface area contributed by atoms with Crippen LogP contribution in [-0.4, -0.2) is 25.3 Å². The Morgan fingerprint density at radius 2 is 1.83 bits per heavy atom. The molecule has 0 bridgehead atoms. The van der Waals surface area contributed by atoms with E-state index in [1.54, 1.807) is 18.2 Å². The second kappa shape index (κ2) is 9.24. The van der Waals surface area contributed by atoms with Crippen LogP contribution in [0.15, 0.2) is 59.8 Å². The third-order valence-electron chi connectivity index (χ3n) is 2.93. The summed E-state index contributed by atoms with van der Waals surface area (Å²) < 4.78 is 28.9. The second-order valence-corrected chi connectivity index (χ2v) is 4.69. The summed E-state index contributed by atoms with van der Waals surface area (Å²) in [5.74, 6) is -0.360. The number of hydrogen-bond donors (Lipinski definition) is 1. The van der Waals surface area contributed by atoms with Gasteiger partial charge in [0.1, 0.15) is 5.75 Å². The number of carbonyl (C=O) groups excluding carboxylic acids is 1. The van der Waals surface area contributed by atoms with Crippen LogP contribution in [0.1, 0.15) is 11.1 Å². The molecule has 0 saturated heterocycles. The number of para-hydroxylation sites is 1. The minimum atomic E-state index is -2.93. The molecular weight excluding hydrogens is 318 g/mol. The highest BCUT2D eigenvalue weighted by Gasteiger charge is 2.07. The van der Waals surface area contributed by atoms with Gasteiger partial charge in [-0.1, -0.05) is 47.6 Å². The molecule has 0 unspecified atom stereocenters. The summed E-state index contributed by atoms with van der Waals surface area (Å²) in [6.07, 6.45) is 1.21. The second-order valence-electron chi connectivity index (χ2n) is 4.69. The van der Waals surface area contributed by atoms with Gasteiger partial charge in [-0.15, -0.1) is 0 Å². The molecule has 0 heterocycles. The van der Waals surface area contributed by atoms with Crippen LogP contribution in [0.5, 0.6) is 5.75 Å². The average Bonchev–Trinajstić information content (AvgIpc) is 2.58. The molecule has 2 aromatic carbocycles. The molecule has 0 aliphatic carbocycles. The first-order valence-corrected chi connectivity index (χ1v) is 7.15. The number of rotatable bonds is 8. The fourth-order valence-corrected chi connectivity index (χ4v) is 1.83. The molecule has 5 nitrogen and oxygen atoms in total. The summed E-state index contributed by atoms with van der Waals surface area (Å²) in [7, 11) is 0. The quantitative estimate of drug-likeness (QED) is 0.596. The molecule has 0 spiro atoms. The topological polar surface area (TPSA) is 59.9 Å². The summed E-state index contributed by atoms with van der Waals surface area (Å²) in [5.41, 5.74) is 1.29. The van der Waals surface area contributed by atoms with Crippen LogP contribution in [0.3, 0.4) is 0 Å². The van der Waals surface area contributed by atoms with E-state index < -0.39 is 6.61 Å². The number of amides is 1. The Kier molecular flexibility index (Phi) is 6.70. The smallest absolute Gasteiger partial charge is 0.387 e. The lowest BCUT2D eigenvalue weighted by Crippen LogP contribution is -2.26. The number of benzene rings is 2. The zero-order valence-electron chi connectivity index (χ0n) is 12.7. The van der Waals surface area contributed by atoms with Gasteiger partial charge in [0.25, 0.3) is 5.91 Å². The highest BCUT2D eigenvalue weighted by molar-refractivity contribution is 5.83. The Hall–Kier alpha value is -2.96. The van der Waals surface area contributed by atoms with E-state index in [4.69, 9.17) is 4.84 Å². The molecule has 0 aromatic heterocycles. The van der Waals surface area contributed by atoms with E-state index in [0.29, 0.717) is 12.1 Å². The van der Waals surface area contributed by atoms with Crippen LogP contribution >= 0.6 is 0 Å². The molecule has 126 valence electrons. The first-order valence-electron chi connectivity index (χ1n) is 7.15. The van der Waals surface area contributed by atoms with Crippen LogP contribution in [0.25, 0.3) is 0 Å². The van der Waals surface area contributed by atoms with Gasteiger partial charge in [0.2, 0.25) is 0 Å². The van der Waals surface area contributed by atoms with Crippen molar-refractivity contribution < 1.29 is 23.1 Å². The zero-order valence-corrected chi connectivity index (χ0v) is 12.7. The number of hydrogen-bond acceptors (Lipinski definition) is 4. The van der Waals surface area contributed by atoms with Gasteiger partial charge in [-0.25, -0.2) is 0 Å². The highest BCUT2D eigenvalue weighted by atomic mass is 19.3. The van der Waals surface area contributed by atoms with E-state index in [2.05, 4.69) is 15.2 Å². The molecule has 0 saturated carbocycles. The predicted molar refractivity (Wildman–Crippen MR) is 84.9 cm³/mol. The van der Waals surface area contributed by atoms with Crippen molar-refractivity contribution >= 4 is 12.1 Å². The molecule has 0 aliphatic rings. The molecule has 0 radical (unpaired) electrons. The fourth-order valence-electron chi connectivity index (χ4n) is 1.83. The Balaban J connectivity index is 1.77. The molecule has 2 rings (SSSR count). The normalized spacial score (nSPS) is 10.8. The zero-order chi connectivity index (χ0) is 17.2. The Labute approximate surface area is 137 Å². The van der Waals surface area contributed by atoms with Crippen LogP contribution in [0.2, 0.25) is 0 Å². The van der Waals surface area contributed by atoms with E-state index >= 15 is 0 Å². The van der Waals surface area contributed by atoms with Crippen molar-refractivity contribution in [2.45, 2.75) is 13.2 Å². The highest BCUT2D eigenvalue weighted by Crippen LogP contribution is 2.18. The third kappa shape index (κ3) is 6.04. The summed E-state index contributed by atoms with van der Waals surface area (Å²) >= 11 is 0. The van der Waals surface area contributed by atoms with Gasteiger partial charge in [0.05, 0.1) is 6.21 Å². The molecular formula is C17H16F2N2O3. The van der Waals surface area contributed by atoms with E-state index in [1.807, 2.05) is 30.3 Å². The number of ether oxygens (including phenoxy) is 1. The summed E-state index contributed by atoms with van der Waals surface area (Å²) in [4.78, 5) is 16.5. The van der Waals surface area contributed by atoms with Crippen LogP contribution < -0.4 is 10.1 Å².